The monoisotopic (exact) mass is 360 g/mol. The van der Waals surface area contributed by atoms with E-state index in [0.29, 0.717) is 19.3 Å². The molecule has 6 heteroatoms. The molecule has 0 aliphatic carbocycles. The van der Waals surface area contributed by atoms with Crippen molar-refractivity contribution < 1.29 is 29.9 Å². The van der Waals surface area contributed by atoms with Gasteiger partial charge in [-0.15, -0.1) is 0 Å². The molecule has 0 amide bonds. The Balaban J connectivity index is 2.52. The Labute approximate surface area is 154 Å². The molecule has 6 atom stereocenters. The van der Waals surface area contributed by atoms with Crippen LogP contribution in [0.1, 0.15) is 33.1 Å². The van der Waals surface area contributed by atoms with Gasteiger partial charge in [0.2, 0.25) is 0 Å². The minimum atomic E-state index is -1.45. The van der Waals surface area contributed by atoms with E-state index in [9.17, 15) is 20.4 Å². The first-order chi connectivity index (χ1) is 12.5. The van der Waals surface area contributed by atoms with Crippen molar-refractivity contribution in [2.24, 2.45) is 0 Å². The normalized spacial score (nSPS) is 28.0. The Morgan fingerprint density at radius 2 is 1.62 bits per heavy atom. The average molecular weight is 360 g/mol. The van der Waals surface area contributed by atoms with Gasteiger partial charge < -0.3 is 29.9 Å². The summed E-state index contributed by atoms with van der Waals surface area (Å²) in [5.41, 5.74) is 0. The van der Waals surface area contributed by atoms with Crippen LogP contribution in [0.4, 0.5) is 0 Å². The highest BCUT2D eigenvalue weighted by molar-refractivity contribution is 5.39. The molecule has 6 unspecified atom stereocenters. The molecule has 1 fully saturated rings. The molecule has 0 aromatic carbocycles. The second-order valence-electron chi connectivity index (χ2n) is 5.58. The minimum Gasteiger partial charge on any atom is -0.394 e. The molecule has 140 valence electrons. The van der Waals surface area contributed by atoms with Crippen LogP contribution in [0.5, 0.6) is 0 Å². The molecule has 0 aromatic heterocycles. The lowest BCUT2D eigenvalue weighted by Crippen LogP contribution is -2.59. The van der Waals surface area contributed by atoms with Crippen LogP contribution in [0.25, 0.3) is 0 Å². The van der Waals surface area contributed by atoms with Gasteiger partial charge in [0.25, 0.3) is 0 Å². The van der Waals surface area contributed by atoms with Crippen molar-refractivity contribution in [3.63, 3.8) is 0 Å². The molecule has 0 saturated carbocycles. The lowest BCUT2D eigenvalue weighted by Gasteiger charge is -2.40. The fourth-order valence-electron chi connectivity index (χ4n) is 2.27. The van der Waals surface area contributed by atoms with Crippen LogP contribution in [0.3, 0.4) is 0 Å². The number of aliphatic hydroxyl groups excluding tert-OH is 4. The predicted molar refractivity (Wildman–Crippen MR) is 94.9 cm³/mol. The smallest absolute Gasteiger partial charge is 0.186 e. The zero-order valence-electron chi connectivity index (χ0n) is 14.9. The average Bonchev–Trinajstić information content (AvgIpc) is 2.65. The Kier molecular flexibility index (Phi) is 10.5. The topological polar surface area (TPSA) is 99.4 Å². The van der Waals surface area contributed by atoms with E-state index in [1.54, 1.807) is 6.92 Å². The molecular formula is C20H24O6. The molecular weight excluding hydrogens is 336 g/mol. The van der Waals surface area contributed by atoms with Crippen molar-refractivity contribution in [1.82, 2.24) is 0 Å². The van der Waals surface area contributed by atoms with Crippen molar-refractivity contribution in [1.29, 1.82) is 0 Å². The van der Waals surface area contributed by atoms with Gasteiger partial charge >= 0.3 is 0 Å². The fourth-order valence-corrected chi connectivity index (χ4v) is 2.27. The summed E-state index contributed by atoms with van der Waals surface area (Å²) in [4.78, 5) is 0. The Hall–Kier alpha value is -2.00. The minimum absolute atomic E-state index is 0.265. The standard InChI is InChI=1S/C20H24O6/c1-3-5-6-7-8-9-10-11-12-13-15(4-2)25-20-19(24)18(23)17(22)16(14-21)26-20/h15-24H,4,12-14H2,1-2H3. The molecule has 6 nitrogen and oxygen atoms in total. The van der Waals surface area contributed by atoms with E-state index < -0.39 is 37.3 Å². The van der Waals surface area contributed by atoms with Gasteiger partial charge in [0.15, 0.2) is 6.29 Å². The zero-order valence-corrected chi connectivity index (χ0v) is 14.9. The van der Waals surface area contributed by atoms with Crippen molar-refractivity contribution in [3.8, 4) is 47.4 Å². The molecule has 1 heterocycles. The third-order valence-corrected chi connectivity index (χ3v) is 3.75. The summed E-state index contributed by atoms with van der Waals surface area (Å²) in [5, 5.41) is 38.7. The summed E-state index contributed by atoms with van der Waals surface area (Å²) in [6, 6.07) is 0. The SMILES string of the molecule is CC#CC#CC#CC#CCCC(CC)OC1OC(CO)C(O)C(O)C1O. The number of ether oxygens (including phenoxy) is 2. The van der Waals surface area contributed by atoms with Gasteiger partial charge in [0.05, 0.1) is 12.7 Å². The maximum atomic E-state index is 9.99. The van der Waals surface area contributed by atoms with Crippen molar-refractivity contribution in [2.45, 2.75) is 69.9 Å². The highest BCUT2D eigenvalue weighted by Crippen LogP contribution is 2.24. The Morgan fingerprint density at radius 3 is 2.23 bits per heavy atom. The van der Waals surface area contributed by atoms with Gasteiger partial charge in [0.1, 0.15) is 24.4 Å². The number of rotatable bonds is 6. The highest BCUT2D eigenvalue weighted by Gasteiger charge is 2.44. The molecule has 0 spiro atoms. The molecule has 1 rings (SSSR count). The number of hydrogen-bond donors (Lipinski definition) is 4. The van der Waals surface area contributed by atoms with Gasteiger partial charge in [-0.1, -0.05) is 18.8 Å². The van der Waals surface area contributed by atoms with Gasteiger partial charge in [0, 0.05) is 6.42 Å². The van der Waals surface area contributed by atoms with Gasteiger partial charge in [-0.2, -0.15) is 0 Å². The summed E-state index contributed by atoms with van der Waals surface area (Å²) < 4.78 is 11.0. The quantitative estimate of drug-likeness (QED) is 0.472. The van der Waals surface area contributed by atoms with Gasteiger partial charge in [-0.25, -0.2) is 0 Å². The lowest BCUT2D eigenvalue weighted by atomic mass is 9.99. The third kappa shape index (κ3) is 7.09. The summed E-state index contributed by atoms with van der Waals surface area (Å²) in [5.74, 6) is 21.0. The molecule has 1 aliphatic rings. The van der Waals surface area contributed by atoms with Crippen LogP contribution in [0, 0.1) is 47.4 Å². The van der Waals surface area contributed by atoms with E-state index in [1.165, 1.54) is 0 Å². The van der Waals surface area contributed by atoms with E-state index in [4.69, 9.17) is 9.47 Å². The first-order valence-corrected chi connectivity index (χ1v) is 8.40. The molecule has 0 aromatic rings. The summed E-state index contributed by atoms with van der Waals surface area (Å²) in [6.07, 6.45) is -4.88. The summed E-state index contributed by atoms with van der Waals surface area (Å²) in [6.45, 7) is 3.11. The highest BCUT2D eigenvalue weighted by atomic mass is 16.7. The van der Waals surface area contributed by atoms with Crippen molar-refractivity contribution in [3.05, 3.63) is 0 Å². The van der Waals surface area contributed by atoms with E-state index in [-0.39, 0.29) is 6.10 Å². The van der Waals surface area contributed by atoms with Crippen molar-refractivity contribution in [2.75, 3.05) is 6.61 Å². The molecule has 0 radical (unpaired) electrons. The molecule has 26 heavy (non-hydrogen) atoms. The first kappa shape index (κ1) is 22.0. The van der Waals surface area contributed by atoms with Crippen LogP contribution < -0.4 is 0 Å². The Bertz CT molecular complexity index is 670. The second kappa shape index (κ2) is 12.4. The van der Waals surface area contributed by atoms with Gasteiger partial charge in [-0.05, 0) is 55.3 Å². The van der Waals surface area contributed by atoms with Crippen molar-refractivity contribution >= 4 is 0 Å². The Morgan fingerprint density at radius 1 is 0.962 bits per heavy atom. The summed E-state index contributed by atoms with van der Waals surface area (Å²) >= 11 is 0. The van der Waals surface area contributed by atoms with E-state index in [0.717, 1.165) is 0 Å². The van der Waals surface area contributed by atoms with Crippen LogP contribution in [-0.2, 0) is 9.47 Å². The third-order valence-electron chi connectivity index (χ3n) is 3.75. The molecule has 1 aliphatic heterocycles. The second-order valence-corrected chi connectivity index (χ2v) is 5.58. The maximum absolute atomic E-state index is 9.99. The van der Waals surface area contributed by atoms with Crippen LogP contribution in [-0.4, -0.2) is 63.8 Å². The number of hydrogen-bond acceptors (Lipinski definition) is 6. The number of aliphatic hydroxyl groups is 4. The van der Waals surface area contributed by atoms with E-state index in [2.05, 4.69) is 47.4 Å². The first-order valence-electron chi connectivity index (χ1n) is 8.40. The largest absolute Gasteiger partial charge is 0.394 e. The molecule has 1 saturated heterocycles. The van der Waals surface area contributed by atoms with E-state index >= 15 is 0 Å². The van der Waals surface area contributed by atoms with Crippen LogP contribution in [0.15, 0.2) is 0 Å². The van der Waals surface area contributed by atoms with Crippen LogP contribution >= 0.6 is 0 Å². The van der Waals surface area contributed by atoms with E-state index in [1.807, 2.05) is 6.92 Å². The predicted octanol–water partition coefficient (Wildman–Crippen LogP) is -0.605. The summed E-state index contributed by atoms with van der Waals surface area (Å²) in [7, 11) is 0. The van der Waals surface area contributed by atoms with Gasteiger partial charge in [-0.3, -0.25) is 0 Å². The lowest BCUT2D eigenvalue weighted by molar-refractivity contribution is -0.311. The fraction of sp³-hybridized carbons (Fsp3) is 0.600. The van der Waals surface area contributed by atoms with Crippen LogP contribution in [0.2, 0.25) is 0 Å². The maximum Gasteiger partial charge on any atom is 0.186 e. The molecule has 4 N–H and O–H groups in total. The zero-order chi connectivity index (χ0) is 19.4. The molecule has 0 bridgehead atoms.